The molecule has 2 aromatic carbocycles. The normalized spacial score (nSPS) is 14.4. The van der Waals surface area contributed by atoms with Crippen LogP contribution in [-0.4, -0.2) is 36.9 Å². The molecule has 0 aliphatic carbocycles. The minimum absolute atomic E-state index is 0.250. The van der Waals surface area contributed by atoms with Gasteiger partial charge in [0.1, 0.15) is 0 Å². The van der Waals surface area contributed by atoms with E-state index in [9.17, 15) is 4.79 Å². The number of benzene rings is 2. The second-order valence-electron chi connectivity index (χ2n) is 6.88. The highest BCUT2D eigenvalue weighted by atomic mass is 35.5. The van der Waals surface area contributed by atoms with E-state index < -0.39 is 0 Å². The largest absolute Gasteiger partial charge is 0.356 e. The maximum absolute atomic E-state index is 11.9. The van der Waals surface area contributed by atoms with Crippen LogP contribution in [0.4, 0.5) is 0 Å². The summed E-state index contributed by atoms with van der Waals surface area (Å²) in [6.45, 7) is 2.93. The minimum Gasteiger partial charge on any atom is -0.356 e. The van der Waals surface area contributed by atoms with E-state index in [1.54, 1.807) is 7.05 Å². The summed E-state index contributed by atoms with van der Waals surface area (Å²) in [7, 11) is 1.76. The van der Waals surface area contributed by atoms with E-state index >= 15 is 0 Å². The Morgan fingerprint density at radius 1 is 1.07 bits per heavy atom. The van der Waals surface area contributed by atoms with E-state index in [0.717, 1.165) is 42.5 Å². The molecule has 0 unspecified atom stereocenters. The molecular formula is C22H27ClN4O. The fourth-order valence-electron chi connectivity index (χ4n) is 3.38. The average Bonchev–Trinajstić information content (AvgIpc) is 3.11. The number of likely N-dealkylation sites (tertiary alicyclic amines) is 1. The lowest BCUT2D eigenvalue weighted by atomic mass is 10.1. The van der Waals surface area contributed by atoms with Crippen molar-refractivity contribution in [1.82, 2.24) is 15.5 Å². The van der Waals surface area contributed by atoms with E-state index in [4.69, 9.17) is 11.6 Å². The molecule has 1 aliphatic rings. The molecular weight excluding hydrogens is 372 g/mol. The van der Waals surface area contributed by atoms with Crippen LogP contribution in [0.15, 0.2) is 53.5 Å². The fourth-order valence-corrected chi connectivity index (χ4v) is 3.61. The molecule has 1 amide bonds. The van der Waals surface area contributed by atoms with Crippen molar-refractivity contribution >= 4 is 23.5 Å². The molecule has 3 rings (SSSR count). The number of nitrogens with zero attached hydrogens (tertiary/aromatic N) is 2. The van der Waals surface area contributed by atoms with Crippen molar-refractivity contribution in [1.29, 1.82) is 0 Å². The van der Waals surface area contributed by atoms with Gasteiger partial charge < -0.3 is 15.5 Å². The summed E-state index contributed by atoms with van der Waals surface area (Å²) in [6.07, 6.45) is 2.46. The molecule has 1 saturated heterocycles. The van der Waals surface area contributed by atoms with E-state index in [-0.39, 0.29) is 5.91 Å². The van der Waals surface area contributed by atoms with E-state index in [1.807, 2.05) is 41.3 Å². The van der Waals surface area contributed by atoms with Gasteiger partial charge in [0.15, 0.2) is 5.96 Å². The van der Waals surface area contributed by atoms with Gasteiger partial charge in [0, 0.05) is 44.7 Å². The lowest BCUT2D eigenvalue weighted by molar-refractivity contribution is -0.128. The van der Waals surface area contributed by atoms with Gasteiger partial charge in [-0.2, -0.15) is 0 Å². The monoisotopic (exact) mass is 398 g/mol. The van der Waals surface area contributed by atoms with E-state index in [2.05, 4.69) is 27.8 Å². The van der Waals surface area contributed by atoms with Crippen molar-refractivity contribution in [3.8, 4) is 0 Å². The fraction of sp³-hybridized carbons (Fsp3) is 0.364. The van der Waals surface area contributed by atoms with Crippen LogP contribution >= 0.6 is 11.6 Å². The van der Waals surface area contributed by atoms with Gasteiger partial charge in [-0.05, 0) is 35.6 Å². The summed E-state index contributed by atoms with van der Waals surface area (Å²) in [5, 5.41) is 7.49. The van der Waals surface area contributed by atoms with Crippen molar-refractivity contribution in [2.24, 2.45) is 4.99 Å². The first-order valence-corrected chi connectivity index (χ1v) is 10.1. The van der Waals surface area contributed by atoms with Gasteiger partial charge in [-0.3, -0.25) is 9.79 Å². The van der Waals surface area contributed by atoms with Gasteiger partial charge in [-0.25, -0.2) is 0 Å². The zero-order chi connectivity index (χ0) is 19.8. The minimum atomic E-state index is 0.250. The molecule has 148 valence electrons. The van der Waals surface area contributed by atoms with Crippen molar-refractivity contribution in [3.05, 3.63) is 70.2 Å². The van der Waals surface area contributed by atoms with Crippen LogP contribution in [0.5, 0.6) is 0 Å². The van der Waals surface area contributed by atoms with Gasteiger partial charge in [0.25, 0.3) is 0 Å². The smallest absolute Gasteiger partial charge is 0.222 e. The third-order valence-electron chi connectivity index (χ3n) is 4.97. The van der Waals surface area contributed by atoms with Crippen LogP contribution < -0.4 is 10.6 Å². The molecule has 0 bridgehead atoms. The second-order valence-corrected chi connectivity index (χ2v) is 7.29. The highest BCUT2D eigenvalue weighted by Gasteiger charge is 2.20. The Labute approximate surface area is 171 Å². The number of halogens is 1. The molecule has 6 heteroatoms. The molecule has 5 nitrogen and oxygen atoms in total. The number of carbonyl (C=O) groups excluding carboxylic acids is 1. The Bertz CT molecular complexity index is 837. The summed E-state index contributed by atoms with van der Waals surface area (Å²) in [5.74, 6) is 0.999. The number of nitrogens with one attached hydrogen (secondary N) is 2. The van der Waals surface area contributed by atoms with Crippen molar-refractivity contribution in [3.63, 3.8) is 0 Å². The number of carbonyl (C=O) groups is 1. The Balaban J connectivity index is 1.52. The summed E-state index contributed by atoms with van der Waals surface area (Å²) in [4.78, 5) is 18.2. The van der Waals surface area contributed by atoms with E-state index in [1.165, 1.54) is 11.1 Å². The zero-order valence-corrected chi connectivity index (χ0v) is 17.0. The molecule has 0 spiro atoms. The molecule has 0 atom stereocenters. The van der Waals surface area contributed by atoms with Crippen molar-refractivity contribution in [2.45, 2.75) is 32.4 Å². The van der Waals surface area contributed by atoms with Crippen LogP contribution in [0.2, 0.25) is 5.02 Å². The first-order chi connectivity index (χ1) is 13.7. The second kappa shape index (κ2) is 10.1. The predicted molar refractivity (Wildman–Crippen MR) is 114 cm³/mol. The number of amides is 1. The Morgan fingerprint density at radius 3 is 2.46 bits per heavy atom. The lowest BCUT2D eigenvalue weighted by Crippen LogP contribution is -2.38. The van der Waals surface area contributed by atoms with Crippen LogP contribution in [0, 0.1) is 0 Å². The van der Waals surface area contributed by atoms with Crippen molar-refractivity contribution < 1.29 is 4.79 Å². The number of aliphatic imine (C=N–C) groups is 1. The molecule has 0 saturated carbocycles. The number of hydrogen-bond donors (Lipinski definition) is 2. The summed E-state index contributed by atoms with van der Waals surface area (Å²) in [5.41, 5.74) is 3.47. The van der Waals surface area contributed by atoms with Gasteiger partial charge in [0.05, 0.1) is 0 Å². The summed E-state index contributed by atoms with van der Waals surface area (Å²) < 4.78 is 0. The Hall–Kier alpha value is -2.53. The molecule has 1 heterocycles. The topological polar surface area (TPSA) is 56.7 Å². The quantitative estimate of drug-likeness (QED) is 0.555. The van der Waals surface area contributed by atoms with Crippen LogP contribution in [0.25, 0.3) is 0 Å². The van der Waals surface area contributed by atoms with Gasteiger partial charge in [-0.1, -0.05) is 54.1 Å². The molecule has 0 aromatic heterocycles. The number of hydrogen-bond acceptors (Lipinski definition) is 2. The molecule has 28 heavy (non-hydrogen) atoms. The first-order valence-electron chi connectivity index (χ1n) is 9.70. The number of rotatable bonds is 7. The van der Waals surface area contributed by atoms with Gasteiger partial charge >= 0.3 is 0 Å². The molecule has 1 fully saturated rings. The molecule has 2 aromatic rings. The zero-order valence-electron chi connectivity index (χ0n) is 16.2. The SMILES string of the molecule is CN=C(NCCc1ccccc1Cl)NCc1ccccc1CN1CCCC1=O. The van der Waals surface area contributed by atoms with Crippen molar-refractivity contribution in [2.75, 3.05) is 20.1 Å². The van der Waals surface area contributed by atoms with Crippen LogP contribution in [0.1, 0.15) is 29.5 Å². The standard InChI is InChI=1S/C22H27ClN4O/c1-24-22(25-13-12-17-7-4-5-10-20(17)23)26-15-18-8-2-3-9-19(18)16-27-14-6-11-21(27)28/h2-5,7-10H,6,11-16H2,1H3,(H2,24,25,26). The molecule has 1 aliphatic heterocycles. The Morgan fingerprint density at radius 2 is 1.79 bits per heavy atom. The lowest BCUT2D eigenvalue weighted by Gasteiger charge is -2.19. The summed E-state index contributed by atoms with van der Waals surface area (Å²) in [6, 6.07) is 16.1. The molecule has 0 radical (unpaired) electrons. The predicted octanol–water partition coefficient (Wildman–Crippen LogP) is 3.37. The Kier molecular flexibility index (Phi) is 7.31. The van der Waals surface area contributed by atoms with Crippen LogP contribution in [-0.2, 0) is 24.3 Å². The first kappa shape index (κ1) is 20.2. The van der Waals surface area contributed by atoms with Crippen LogP contribution in [0.3, 0.4) is 0 Å². The highest BCUT2D eigenvalue weighted by molar-refractivity contribution is 6.31. The van der Waals surface area contributed by atoms with Gasteiger partial charge in [0.2, 0.25) is 5.91 Å². The van der Waals surface area contributed by atoms with E-state index in [0.29, 0.717) is 19.5 Å². The third kappa shape index (κ3) is 5.49. The average molecular weight is 399 g/mol. The maximum Gasteiger partial charge on any atom is 0.222 e. The summed E-state index contributed by atoms with van der Waals surface area (Å²) >= 11 is 6.21. The third-order valence-corrected chi connectivity index (χ3v) is 5.33. The highest BCUT2D eigenvalue weighted by Crippen LogP contribution is 2.17. The molecule has 2 N–H and O–H groups in total. The maximum atomic E-state index is 11.9. The number of guanidine groups is 1. The van der Waals surface area contributed by atoms with Gasteiger partial charge in [-0.15, -0.1) is 0 Å².